The highest BCUT2D eigenvalue weighted by molar-refractivity contribution is 5.75. The molecular weight excluding hydrogens is 536 g/mol. The summed E-state index contributed by atoms with van der Waals surface area (Å²) in [7, 11) is 1.88. The number of hydrogen-bond donors (Lipinski definition) is 2. The predicted octanol–water partition coefficient (Wildman–Crippen LogP) is 5.30. The van der Waals surface area contributed by atoms with Crippen LogP contribution in [0.2, 0.25) is 0 Å². The van der Waals surface area contributed by atoms with Crippen molar-refractivity contribution in [3.05, 3.63) is 93.8 Å². The third-order valence-corrected chi connectivity index (χ3v) is 9.62. The van der Waals surface area contributed by atoms with Gasteiger partial charge in [0.1, 0.15) is 11.6 Å². The van der Waals surface area contributed by atoms with Gasteiger partial charge in [0.25, 0.3) is 0 Å². The van der Waals surface area contributed by atoms with Crippen LogP contribution in [0, 0.1) is 11.6 Å². The lowest BCUT2D eigenvalue weighted by atomic mass is 9.90. The Labute approximate surface area is 245 Å². The second-order valence-corrected chi connectivity index (χ2v) is 12.0. The Morgan fingerprint density at radius 2 is 1.83 bits per heavy atom. The van der Waals surface area contributed by atoms with Crippen molar-refractivity contribution in [2.24, 2.45) is 0 Å². The molecule has 1 spiro atoms. The van der Waals surface area contributed by atoms with Gasteiger partial charge in [0, 0.05) is 79.5 Å². The van der Waals surface area contributed by atoms with Crippen LogP contribution in [0.3, 0.4) is 0 Å². The van der Waals surface area contributed by atoms with Crippen molar-refractivity contribution in [3.63, 3.8) is 0 Å². The maximum atomic E-state index is 15.0. The third-order valence-electron chi connectivity index (χ3n) is 9.62. The molecule has 42 heavy (non-hydrogen) atoms. The van der Waals surface area contributed by atoms with Crippen molar-refractivity contribution in [3.8, 4) is 11.3 Å². The van der Waals surface area contributed by atoms with E-state index in [0.29, 0.717) is 44.7 Å². The first-order valence-electron chi connectivity index (χ1n) is 15.1. The number of piperazine rings is 1. The van der Waals surface area contributed by atoms with Crippen LogP contribution in [0.1, 0.15) is 55.7 Å². The van der Waals surface area contributed by atoms with Crippen LogP contribution < -0.4 is 10.7 Å². The number of likely N-dealkylation sites (tertiary alicyclic amines) is 1. The summed E-state index contributed by atoms with van der Waals surface area (Å²) in [5, 5.41) is 3.28. The fourth-order valence-corrected chi connectivity index (χ4v) is 7.25. The largest absolute Gasteiger partial charge is 0.361 e. The summed E-state index contributed by atoms with van der Waals surface area (Å²) in [6, 6.07) is 14.7. The summed E-state index contributed by atoms with van der Waals surface area (Å²) < 4.78 is 28.7. The third kappa shape index (κ3) is 5.60. The zero-order chi connectivity index (χ0) is 29.3. The highest BCUT2D eigenvalue weighted by Gasteiger charge is 2.46. The monoisotopic (exact) mass is 575 g/mol. The van der Waals surface area contributed by atoms with Crippen LogP contribution >= 0.6 is 0 Å². The summed E-state index contributed by atoms with van der Waals surface area (Å²) in [6.45, 7) is 2.81. The van der Waals surface area contributed by atoms with E-state index in [-0.39, 0.29) is 23.0 Å². The van der Waals surface area contributed by atoms with Crippen LogP contribution in [0.5, 0.6) is 0 Å². The van der Waals surface area contributed by atoms with Crippen LogP contribution in [0.25, 0.3) is 11.3 Å². The first kappa shape index (κ1) is 28.6. The summed E-state index contributed by atoms with van der Waals surface area (Å²) in [5.41, 5.74) is 2.66. The predicted molar refractivity (Wildman–Crippen MR) is 159 cm³/mol. The molecule has 2 atom stereocenters. The summed E-state index contributed by atoms with van der Waals surface area (Å²) in [6.07, 6.45) is 7.27. The van der Waals surface area contributed by atoms with E-state index in [4.69, 9.17) is 0 Å². The van der Waals surface area contributed by atoms with E-state index in [2.05, 4.69) is 15.2 Å². The second kappa shape index (κ2) is 12.0. The maximum Gasteiger partial charge on any atom is 0.320 e. The Hall–Kier alpha value is -3.56. The minimum Gasteiger partial charge on any atom is -0.361 e. The fraction of sp³-hybridized carbons (Fsp3) is 0.455. The van der Waals surface area contributed by atoms with E-state index in [1.54, 1.807) is 11.0 Å². The molecule has 2 aromatic carbocycles. The van der Waals surface area contributed by atoms with Crippen molar-refractivity contribution >= 4 is 6.03 Å². The van der Waals surface area contributed by atoms with E-state index in [0.717, 1.165) is 55.0 Å². The Balaban J connectivity index is 1.21. The molecule has 2 N–H and O–H groups in total. The van der Waals surface area contributed by atoms with Crippen LogP contribution in [0.4, 0.5) is 13.6 Å². The molecule has 9 heteroatoms. The number of nitrogens with one attached hydrogen (secondary N) is 2. The molecule has 1 aromatic heterocycles. The second-order valence-electron chi connectivity index (χ2n) is 12.0. The molecule has 1 saturated carbocycles. The number of piperidine rings is 1. The van der Waals surface area contributed by atoms with E-state index < -0.39 is 17.7 Å². The van der Waals surface area contributed by atoms with Gasteiger partial charge in [0.2, 0.25) is 0 Å². The molecule has 0 bridgehead atoms. The van der Waals surface area contributed by atoms with Gasteiger partial charge >= 0.3 is 6.03 Å². The number of aromatic nitrogens is 1. The first-order chi connectivity index (χ1) is 20.4. The molecule has 3 fully saturated rings. The molecule has 0 unspecified atom stereocenters. The number of pyridine rings is 1. The molecule has 3 heterocycles. The molecule has 0 radical (unpaired) electrons. The van der Waals surface area contributed by atoms with Crippen molar-refractivity contribution in [1.82, 2.24) is 25.0 Å². The fourth-order valence-electron chi connectivity index (χ4n) is 7.25. The van der Waals surface area contributed by atoms with Gasteiger partial charge in [-0.1, -0.05) is 49.2 Å². The summed E-state index contributed by atoms with van der Waals surface area (Å²) in [4.78, 5) is 36.7. The van der Waals surface area contributed by atoms with E-state index >= 15 is 0 Å². The maximum absolute atomic E-state index is 15.0. The van der Waals surface area contributed by atoms with Crippen molar-refractivity contribution in [2.75, 3.05) is 33.2 Å². The Morgan fingerprint density at radius 3 is 2.55 bits per heavy atom. The van der Waals surface area contributed by atoms with Gasteiger partial charge in [0.15, 0.2) is 5.43 Å². The highest BCUT2D eigenvalue weighted by atomic mass is 19.1. The van der Waals surface area contributed by atoms with Crippen LogP contribution in [0.15, 0.2) is 65.6 Å². The molecule has 2 amide bonds. The molecule has 3 aromatic rings. The van der Waals surface area contributed by atoms with Gasteiger partial charge < -0.3 is 20.1 Å². The Bertz CT molecular complexity index is 1470. The average Bonchev–Trinajstić information content (AvgIpc) is 3.47. The molecule has 3 aliphatic rings. The van der Waals surface area contributed by atoms with E-state index in [9.17, 15) is 18.4 Å². The van der Waals surface area contributed by atoms with Gasteiger partial charge in [-0.05, 0) is 44.4 Å². The number of nitrogens with zero attached hydrogens (tertiary/aromatic N) is 3. The van der Waals surface area contributed by atoms with E-state index in [1.807, 2.05) is 48.5 Å². The standard InChI is InChI=1S/C33H39F2N5O2/c1-36-26-11-14-40(30(18-26)27-10-9-25(34)17-28(27)35)32(42)38-15-16-39(33(22-38)12-5-6-13-33)21-24-20-37-29(19-31(24)41)23-7-3-2-4-8-23/h2-4,7-10,17,19-20,26,30,36H,5-6,11-16,18,21-22H2,1H3,(H,37,41)/t26-,30+/m1/s1. The average molecular weight is 576 g/mol. The number of benzene rings is 2. The first-order valence-corrected chi connectivity index (χ1v) is 15.1. The van der Waals surface area contributed by atoms with E-state index in [1.165, 1.54) is 12.1 Å². The zero-order valence-corrected chi connectivity index (χ0v) is 24.1. The molecular formula is C33H39F2N5O2. The minimum absolute atomic E-state index is 0.0100. The number of halogens is 2. The van der Waals surface area contributed by atoms with Gasteiger partial charge in [-0.2, -0.15) is 0 Å². The molecule has 2 aliphatic heterocycles. The molecule has 222 valence electrons. The molecule has 1 aliphatic carbocycles. The van der Waals surface area contributed by atoms with Gasteiger partial charge in [-0.25, -0.2) is 13.6 Å². The Kier molecular flexibility index (Phi) is 8.14. The van der Waals surface area contributed by atoms with Crippen LogP contribution in [-0.2, 0) is 6.54 Å². The normalized spacial score (nSPS) is 22.5. The number of H-pyrrole nitrogens is 1. The lowest BCUT2D eigenvalue weighted by Gasteiger charge is -2.51. The summed E-state index contributed by atoms with van der Waals surface area (Å²) >= 11 is 0. The Morgan fingerprint density at radius 1 is 1.05 bits per heavy atom. The lowest BCUT2D eigenvalue weighted by Crippen LogP contribution is -2.64. The number of urea groups is 1. The number of carbonyl (C=O) groups is 1. The van der Waals surface area contributed by atoms with Crippen molar-refractivity contribution < 1.29 is 13.6 Å². The zero-order valence-electron chi connectivity index (χ0n) is 24.1. The van der Waals surface area contributed by atoms with Crippen molar-refractivity contribution in [1.29, 1.82) is 0 Å². The molecule has 7 nitrogen and oxygen atoms in total. The van der Waals surface area contributed by atoms with Crippen LogP contribution in [-0.4, -0.2) is 70.5 Å². The SMILES string of the molecule is CN[C@@H]1CCN(C(=O)N2CCN(Cc3c[nH]c(-c4ccccc4)cc3=O)C3(CCCC3)C2)[C@H](c2ccc(F)cc2F)C1. The highest BCUT2D eigenvalue weighted by Crippen LogP contribution is 2.40. The number of amides is 2. The minimum atomic E-state index is -0.622. The van der Waals surface area contributed by atoms with Gasteiger partial charge in [-0.3, -0.25) is 9.69 Å². The smallest absolute Gasteiger partial charge is 0.320 e. The molecule has 2 saturated heterocycles. The van der Waals surface area contributed by atoms with Crippen molar-refractivity contribution in [2.45, 2.75) is 62.7 Å². The molecule has 6 rings (SSSR count). The van der Waals surface area contributed by atoms with Gasteiger partial charge in [-0.15, -0.1) is 0 Å². The number of rotatable bonds is 5. The quantitative estimate of drug-likeness (QED) is 0.434. The lowest BCUT2D eigenvalue weighted by molar-refractivity contribution is -0.00237. The van der Waals surface area contributed by atoms with Gasteiger partial charge in [0.05, 0.1) is 6.04 Å². The number of carbonyl (C=O) groups excluding carboxylic acids is 1. The topological polar surface area (TPSA) is 71.7 Å². The number of hydrogen-bond acceptors (Lipinski definition) is 4. The number of aromatic amines is 1. The summed E-state index contributed by atoms with van der Waals surface area (Å²) in [5.74, 6) is -1.24.